The lowest BCUT2D eigenvalue weighted by atomic mass is 10.2. The zero-order valence-corrected chi connectivity index (χ0v) is 20.5. The van der Waals surface area contributed by atoms with Crippen molar-refractivity contribution >= 4 is 33.2 Å². The highest BCUT2D eigenvalue weighted by Gasteiger charge is 2.29. The molecule has 2 heterocycles. The molecule has 0 spiro atoms. The van der Waals surface area contributed by atoms with Crippen molar-refractivity contribution in [2.24, 2.45) is 0 Å². The topological polar surface area (TPSA) is 93.5 Å². The highest BCUT2D eigenvalue weighted by Crippen LogP contribution is 2.31. The number of sulfonamides is 1. The van der Waals surface area contributed by atoms with Crippen molar-refractivity contribution in [3.63, 3.8) is 0 Å². The molecule has 0 saturated carbocycles. The number of amides is 1. The van der Waals surface area contributed by atoms with Gasteiger partial charge in [-0.25, -0.2) is 8.42 Å². The van der Waals surface area contributed by atoms with E-state index in [2.05, 4.69) is 10.4 Å². The van der Waals surface area contributed by atoms with Gasteiger partial charge in [-0.1, -0.05) is 36.2 Å². The van der Waals surface area contributed by atoms with E-state index in [1.165, 1.54) is 16.6 Å². The third kappa shape index (κ3) is 5.43. The minimum atomic E-state index is -3.74. The number of nitrogens with zero attached hydrogens (tertiary/aromatic N) is 3. The van der Waals surface area contributed by atoms with Gasteiger partial charge in [-0.05, 0) is 49.6 Å². The lowest BCUT2D eigenvalue weighted by molar-refractivity contribution is 0.102. The Kier molecular flexibility index (Phi) is 7.55. The molecule has 3 aromatic rings. The number of hydrogen-bond acceptors (Lipinski definition) is 5. The molecule has 4 rings (SSSR count). The molecule has 2 aromatic carbocycles. The molecule has 0 unspecified atom stereocenters. The number of carbonyl (C=O) groups is 1. The van der Waals surface area contributed by atoms with E-state index in [1.54, 1.807) is 36.0 Å². The molecule has 1 fully saturated rings. The Morgan fingerprint density at radius 3 is 2.65 bits per heavy atom. The Morgan fingerprint density at radius 2 is 1.91 bits per heavy atom. The van der Waals surface area contributed by atoms with Crippen molar-refractivity contribution in [3.8, 4) is 5.75 Å². The average Bonchev–Trinajstić information content (AvgIpc) is 3.31. The Labute approximate surface area is 204 Å². The first-order chi connectivity index (χ1) is 16.4. The van der Waals surface area contributed by atoms with Gasteiger partial charge >= 0.3 is 0 Å². The van der Waals surface area contributed by atoms with E-state index in [0.29, 0.717) is 42.5 Å². The summed E-state index contributed by atoms with van der Waals surface area (Å²) in [5, 5.41) is 7.65. The van der Waals surface area contributed by atoms with Crippen LogP contribution in [-0.2, 0) is 16.6 Å². The lowest BCUT2D eigenvalue weighted by Gasteiger charge is -2.27. The zero-order chi connectivity index (χ0) is 24.1. The molecule has 0 atom stereocenters. The molecule has 0 radical (unpaired) electrons. The molecule has 8 nitrogen and oxygen atoms in total. The summed E-state index contributed by atoms with van der Waals surface area (Å²) in [6, 6.07) is 12.1. The van der Waals surface area contributed by atoms with Gasteiger partial charge in [0.2, 0.25) is 10.0 Å². The van der Waals surface area contributed by atoms with Crippen LogP contribution >= 0.6 is 11.6 Å². The summed E-state index contributed by atoms with van der Waals surface area (Å²) < 4.78 is 35.3. The van der Waals surface area contributed by atoms with Crippen molar-refractivity contribution in [2.75, 3.05) is 25.0 Å². The third-order valence-electron chi connectivity index (χ3n) is 5.62. The van der Waals surface area contributed by atoms with Crippen LogP contribution < -0.4 is 10.1 Å². The maximum atomic E-state index is 13.3. The van der Waals surface area contributed by atoms with Crippen molar-refractivity contribution < 1.29 is 17.9 Å². The quantitative estimate of drug-likeness (QED) is 0.492. The Bertz CT molecular complexity index is 1270. The number of rotatable bonds is 8. The molecular formula is C24H27ClN4O4S. The maximum absolute atomic E-state index is 13.3. The lowest BCUT2D eigenvalue weighted by Crippen LogP contribution is -2.35. The summed E-state index contributed by atoms with van der Waals surface area (Å²) >= 11 is 6.21. The van der Waals surface area contributed by atoms with Crippen LogP contribution in [0.3, 0.4) is 0 Å². The molecular weight excluding hydrogens is 476 g/mol. The number of benzene rings is 2. The van der Waals surface area contributed by atoms with Crippen LogP contribution in [0.1, 0.15) is 42.1 Å². The van der Waals surface area contributed by atoms with E-state index >= 15 is 0 Å². The number of aromatic nitrogens is 2. The molecule has 34 heavy (non-hydrogen) atoms. The molecule has 1 saturated heterocycles. The van der Waals surface area contributed by atoms with Crippen LogP contribution in [0.4, 0.5) is 5.69 Å². The van der Waals surface area contributed by atoms with Gasteiger partial charge in [-0.2, -0.15) is 9.40 Å². The molecule has 1 aliphatic heterocycles. The van der Waals surface area contributed by atoms with Crippen LogP contribution in [0.5, 0.6) is 5.75 Å². The minimum Gasteiger partial charge on any atom is -0.492 e. The summed E-state index contributed by atoms with van der Waals surface area (Å²) in [6.45, 7) is 3.52. The van der Waals surface area contributed by atoms with Crippen molar-refractivity contribution in [1.82, 2.24) is 14.1 Å². The predicted molar refractivity (Wildman–Crippen MR) is 131 cm³/mol. The minimum absolute atomic E-state index is 0.0588. The summed E-state index contributed by atoms with van der Waals surface area (Å²) in [6.07, 6.45) is 5.77. The van der Waals surface area contributed by atoms with Crippen molar-refractivity contribution in [2.45, 2.75) is 37.6 Å². The highest BCUT2D eigenvalue weighted by atomic mass is 35.5. The monoisotopic (exact) mass is 502 g/mol. The van der Waals surface area contributed by atoms with Crippen LogP contribution in [-0.4, -0.2) is 48.1 Å². The molecule has 1 amide bonds. The van der Waals surface area contributed by atoms with Crippen LogP contribution in [0.2, 0.25) is 5.02 Å². The van der Waals surface area contributed by atoms with Crippen molar-refractivity contribution in [3.05, 3.63) is 71.0 Å². The Balaban J connectivity index is 1.53. The largest absolute Gasteiger partial charge is 0.492 e. The summed E-state index contributed by atoms with van der Waals surface area (Å²) in [7, 11) is -3.74. The Morgan fingerprint density at radius 1 is 1.15 bits per heavy atom. The van der Waals surface area contributed by atoms with Gasteiger partial charge in [0.1, 0.15) is 10.6 Å². The van der Waals surface area contributed by atoms with Gasteiger partial charge in [0.15, 0.2) is 0 Å². The molecule has 0 bridgehead atoms. The number of ether oxygens (including phenoxy) is 1. The van der Waals surface area contributed by atoms with E-state index in [-0.39, 0.29) is 10.6 Å². The normalized spacial score (nSPS) is 14.6. The Hall–Kier alpha value is -2.88. The van der Waals surface area contributed by atoms with E-state index < -0.39 is 15.9 Å². The van der Waals surface area contributed by atoms with Crippen molar-refractivity contribution in [1.29, 1.82) is 0 Å². The number of anilines is 1. The number of piperidine rings is 1. The van der Waals surface area contributed by atoms with E-state index in [4.69, 9.17) is 16.3 Å². The molecule has 1 aromatic heterocycles. The molecule has 0 aliphatic carbocycles. The SMILES string of the molecule is CCOc1ccc(NC(=O)c2cnn(Cc3ccccc3Cl)c2)cc1S(=O)(=O)N1CCCCC1. The second-order valence-electron chi connectivity index (χ2n) is 8.03. The standard InChI is InChI=1S/C24H27ClN4O4S/c1-2-33-22-11-10-20(14-23(22)34(31,32)29-12-6-3-7-13-29)27-24(30)19-15-26-28(17-19)16-18-8-4-5-9-21(18)25/h4-5,8-11,14-15,17H,2-3,6-7,12-13,16H2,1H3,(H,27,30). The summed E-state index contributed by atoms with van der Waals surface area (Å²) in [5.41, 5.74) is 1.60. The van der Waals surface area contributed by atoms with Crippen LogP contribution in [0.15, 0.2) is 59.8 Å². The van der Waals surface area contributed by atoms with Crippen LogP contribution in [0, 0.1) is 0 Å². The van der Waals surface area contributed by atoms with Gasteiger partial charge < -0.3 is 10.1 Å². The summed E-state index contributed by atoms with van der Waals surface area (Å²) in [5.74, 6) is -0.116. The van der Waals surface area contributed by atoms with E-state index in [0.717, 1.165) is 24.8 Å². The van der Waals surface area contributed by atoms with Crippen LogP contribution in [0.25, 0.3) is 0 Å². The third-order valence-corrected chi connectivity index (χ3v) is 7.91. The van der Waals surface area contributed by atoms with Gasteiger partial charge in [-0.3, -0.25) is 9.48 Å². The average molecular weight is 503 g/mol. The fourth-order valence-corrected chi connectivity index (χ4v) is 5.75. The van der Waals surface area contributed by atoms with E-state index in [9.17, 15) is 13.2 Å². The molecule has 10 heteroatoms. The zero-order valence-electron chi connectivity index (χ0n) is 18.9. The first kappa shape index (κ1) is 24.3. The summed E-state index contributed by atoms with van der Waals surface area (Å²) in [4.78, 5) is 12.9. The predicted octanol–water partition coefficient (Wildman–Crippen LogP) is 4.41. The van der Waals surface area contributed by atoms with Gasteiger partial charge in [0.05, 0.1) is 24.9 Å². The molecule has 1 N–H and O–H groups in total. The van der Waals surface area contributed by atoms with Gasteiger partial charge in [0, 0.05) is 30.0 Å². The molecule has 1 aliphatic rings. The second kappa shape index (κ2) is 10.6. The fourth-order valence-electron chi connectivity index (χ4n) is 3.88. The maximum Gasteiger partial charge on any atom is 0.258 e. The first-order valence-corrected chi connectivity index (χ1v) is 13.0. The van der Waals surface area contributed by atoms with E-state index in [1.807, 2.05) is 18.2 Å². The number of nitrogens with one attached hydrogen (secondary N) is 1. The first-order valence-electron chi connectivity index (χ1n) is 11.2. The fraction of sp³-hybridized carbons (Fsp3) is 0.333. The smallest absolute Gasteiger partial charge is 0.258 e. The number of hydrogen-bond donors (Lipinski definition) is 1. The highest BCUT2D eigenvalue weighted by molar-refractivity contribution is 7.89. The number of halogens is 1. The van der Waals surface area contributed by atoms with Gasteiger partial charge in [-0.15, -0.1) is 0 Å². The van der Waals surface area contributed by atoms with Gasteiger partial charge in [0.25, 0.3) is 5.91 Å². The molecule has 180 valence electrons. The number of carbonyl (C=O) groups excluding carboxylic acids is 1. The second-order valence-corrected chi connectivity index (χ2v) is 10.3.